The second-order valence-corrected chi connectivity index (χ2v) is 6.31. The highest BCUT2D eigenvalue weighted by atomic mass is 32.2. The SMILES string of the molecule is CCCNc1ccc(S(=O)(=O)NN2CCOCC2)cc1. The van der Waals surface area contributed by atoms with Gasteiger partial charge in [0.1, 0.15) is 0 Å². The molecule has 1 aliphatic heterocycles. The molecule has 1 aromatic carbocycles. The van der Waals surface area contributed by atoms with Gasteiger partial charge in [0.15, 0.2) is 0 Å². The Kier molecular flexibility index (Phi) is 5.36. The minimum Gasteiger partial charge on any atom is -0.385 e. The van der Waals surface area contributed by atoms with E-state index in [4.69, 9.17) is 4.74 Å². The van der Waals surface area contributed by atoms with Crippen LogP contribution in [0.3, 0.4) is 0 Å². The standard InChI is InChI=1S/C13H21N3O3S/c1-2-7-14-12-3-5-13(6-4-12)20(17,18)15-16-8-10-19-11-9-16/h3-6,14-15H,2,7-11H2,1H3. The molecule has 6 nitrogen and oxygen atoms in total. The summed E-state index contributed by atoms with van der Waals surface area (Å²) in [5, 5.41) is 4.88. The number of hydrazine groups is 1. The molecule has 0 atom stereocenters. The summed E-state index contributed by atoms with van der Waals surface area (Å²) in [4.78, 5) is 2.85. The number of morpholine rings is 1. The Hall–Kier alpha value is -1.15. The van der Waals surface area contributed by atoms with Crippen molar-refractivity contribution in [3.8, 4) is 0 Å². The Labute approximate surface area is 120 Å². The zero-order chi connectivity index (χ0) is 14.4. The molecule has 1 aromatic rings. The molecule has 0 aromatic heterocycles. The topological polar surface area (TPSA) is 70.7 Å². The molecule has 1 aliphatic rings. The predicted molar refractivity (Wildman–Crippen MR) is 77.9 cm³/mol. The summed E-state index contributed by atoms with van der Waals surface area (Å²) < 4.78 is 29.6. The maximum atomic E-state index is 12.2. The fraction of sp³-hybridized carbons (Fsp3) is 0.538. The third-order valence-electron chi connectivity index (χ3n) is 3.00. The number of rotatable bonds is 6. The van der Waals surface area contributed by atoms with Crippen molar-refractivity contribution in [3.05, 3.63) is 24.3 Å². The molecule has 1 saturated heterocycles. The summed E-state index contributed by atoms with van der Waals surface area (Å²) in [6.07, 6.45) is 1.03. The molecule has 7 heteroatoms. The Morgan fingerprint density at radius 3 is 2.45 bits per heavy atom. The molecule has 1 fully saturated rings. The molecule has 0 saturated carbocycles. The van der Waals surface area contributed by atoms with E-state index in [1.54, 1.807) is 29.3 Å². The van der Waals surface area contributed by atoms with Gasteiger partial charge in [0, 0.05) is 25.3 Å². The molecule has 2 N–H and O–H groups in total. The van der Waals surface area contributed by atoms with Crippen LogP contribution in [0.25, 0.3) is 0 Å². The normalized spacial score (nSPS) is 17.1. The molecule has 0 radical (unpaired) electrons. The van der Waals surface area contributed by atoms with Crippen molar-refractivity contribution >= 4 is 15.7 Å². The van der Waals surface area contributed by atoms with Gasteiger partial charge in [-0.25, -0.2) is 13.4 Å². The van der Waals surface area contributed by atoms with E-state index in [-0.39, 0.29) is 4.90 Å². The maximum Gasteiger partial charge on any atom is 0.253 e. The Balaban J connectivity index is 2.01. The summed E-state index contributed by atoms with van der Waals surface area (Å²) in [7, 11) is -3.50. The average molecular weight is 299 g/mol. The van der Waals surface area contributed by atoms with Gasteiger partial charge in [0.05, 0.1) is 18.1 Å². The number of hydrogen-bond donors (Lipinski definition) is 2. The van der Waals surface area contributed by atoms with Crippen LogP contribution in [0.2, 0.25) is 0 Å². The van der Waals surface area contributed by atoms with Crippen LogP contribution in [-0.2, 0) is 14.8 Å². The molecule has 0 bridgehead atoms. The van der Waals surface area contributed by atoms with Crippen molar-refractivity contribution in [1.82, 2.24) is 9.84 Å². The quantitative estimate of drug-likeness (QED) is 0.821. The second kappa shape index (κ2) is 7.03. The van der Waals surface area contributed by atoms with Gasteiger partial charge in [-0.1, -0.05) is 6.92 Å². The van der Waals surface area contributed by atoms with Gasteiger partial charge in [-0.2, -0.15) is 0 Å². The van der Waals surface area contributed by atoms with E-state index in [1.807, 2.05) is 0 Å². The van der Waals surface area contributed by atoms with Crippen LogP contribution in [-0.4, -0.2) is 46.3 Å². The number of nitrogens with zero attached hydrogens (tertiary/aromatic N) is 1. The lowest BCUT2D eigenvalue weighted by Gasteiger charge is -2.26. The molecule has 0 amide bonds. The molecular formula is C13H21N3O3S. The molecule has 112 valence electrons. The monoisotopic (exact) mass is 299 g/mol. The molecule has 0 aliphatic carbocycles. The first kappa shape index (κ1) is 15.2. The van der Waals surface area contributed by atoms with Crippen LogP contribution in [0, 0.1) is 0 Å². The van der Waals surface area contributed by atoms with Gasteiger partial charge in [-0.3, -0.25) is 0 Å². The summed E-state index contributed by atoms with van der Waals surface area (Å²) in [6.45, 7) is 5.17. The number of ether oxygens (including phenoxy) is 1. The molecule has 0 spiro atoms. The lowest BCUT2D eigenvalue weighted by Crippen LogP contribution is -2.48. The van der Waals surface area contributed by atoms with Gasteiger partial charge in [0.25, 0.3) is 10.0 Å². The minimum absolute atomic E-state index is 0.269. The number of benzene rings is 1. The van der Waals surface area contributed by atoms with E-state index in [2.05, 4.69) is 17.1 Å². The minimum atomic E-state index is -3.50. The fourth-order valence-corrected chi connectivity index (χ4v) is 3.02. The summed E-state index contributed by atoms with van der Waals surface area (Å²) >= 11 is 0. The van der Waals surface area contributed by atoms with Gasteiger partial charge >= 0.3 is 0 Å². The van der Waals surface area contributed by atoms with Crippen LogP contribution in [0.4, 0.5) is 5.69 Å². The smallest absolute Gasteiger partial charge is 0.253 e. The number of sulfonamides is 1. The molecule has 2 rings (SSSR count). The number of anilines is 1. The van der Waals surface area contributed by atoms with E-state index in [0.29, 0.717) is 26.3 Å². The Bertz CT molecular complexity index is 510. The second-order valence-electron chi connectivity index (χ2n) is 4.65. The van der Waals surface area contributed by atoms with Gasteiger partial charge < -0.3 is 10.1 Å². The van der Waals surface area contributed by atoms with Crippen LogP contribution in [0.1, 0.15) is 13.3 Å². The van der Waals surface area contributed by atoms with E-state index in [0.717, 1.165) is 18.7 Å². The number of hydrogen-bond acceptors (Lipinski definition) is 5. The Morgan fingerprint density at radius 2 is 1.85 bits per heavy atom. The van der Waals surface area contributed by atoms with E-state index in [1.165, 1.54) is 0 Å². The van der Waals surface area contributed by atoms with Crippen molar-refractivity contribution in [2.24, 2.45) is 0 Å². The van der Waals surface area contributed by atoms with Crippen molar-refractivity contribution in [3.63, 3.8) is 0 Å². The molecule has 1 heterocycles. The zero-order valence-corrected chi connectivity index (χ0v) is 12.4. The van der Waals surface area contributed by atoms with Crippen LogP contribution < -0.4 is 10.1 Å². The van der Waals surface area contributed by atoms with Crippen LogP contribution >= 0.6 is 0 Å². The fourth-order valence-electron chi connectivity index (χ4n) is 1.90. The third-order valence-corrected chi connectivity index (χ3v) is 4.40. The van der Waals surface area contributed by atoms with E-state index in [9.17, 15) is 8.42 Å². The maximum absolute atomic E-state index is 12.2. The third kappa shape index (κ3) is 4.17. The summed E-state index contributed by atoms with van der Waals surface area (Å²) in [6, 6.07) is 6.79. The highest BCUT2D eigenvalue weighted by Crippen LogP contribution is 2.14. The lowest BCUT2D eigenvalue weighted by atomic mass is 10.3. The largest absolute Gasteiger partial charge is 0.385 e. The first-order valence-electron chi connectivity index (χ1n) is 6.81. The highest BCUT2D eigenvalue weighted by molar-refractivity contribution is 7.89. The first-order valence-corrected chi connectivity index (χ1v) is 8.29. The zero-order valence-electron chi connectivity index (χ0n) is 11.6. The van der Waals surface area contributed by atoms with Crippen molar-refractivity contribution in [2.75, 3.05) is 38.2 Å². The lowest BCUT2D eigenvalue weighted by molar-refractivity contribution is 0.0272. The highest BCUT2D eigenvalue weighted by Gasteiger charge is 2.19. The molecule has 0 unspecified atom stereocenters. The van der Waals surface area contributed by atoms with Gasteiger partial charge in [-0.15, -0.1) is 4.83 Å². The van der Waals surface area contributed by atoms with Crippen molar-refractivity contribution in [2.45, 2.75) is 18.2 Å². The molecule has 20 heavy (non-hydrogen) atoms. The van der Waals surface area contributed by atoms with E-state index >= 15 is 0 Å². The van der Waals surface area contributed by atoms with Gasteiger partial charge in [0.2, 0.25) is 0 Å². The first-order chi connectivity index (χ1) is 9.62. The average Bonchev–Trinajstić information content (AvgIpc) is 2.46. The van der Waals surface area contributed by atoms with Crippen molar-refractivity contribution in [1.29, 1.82) is 0 Å². The number of nitrogens with one attached hydrogen (secondary N) is 2. The summed E-state index contributed by atoms with van der Waals surface area (Å²) in [5.74, 6) is 0. The molecular weight excluding hydrogens is 278 g/mol. The van der Waals surface area contributed by atoms with Crippen molar-refractivity contribution < 1.29 is 13.2 Å². The van der Waals surface area contributed by atoms with Gasteiger partial charge in [-0.05, 0) is 30.7 Å². The van der Waals surface area contributed by atoms with Crippen LogP contribution in [0.15, 0.2) is 29.2 Å². The Morgan fingerprint density at radius 1 is 1.20 bits per heavy atom. The predicted octanol–water partition coefficient (Wildman–Crippen LogP) is 1.03. The van der Waals surface area contributed by atoms with Crippen LogP contribution in [0.5, 0.6) is 0 Å². The van der Waals surface area contributed by atoms with E-state index < -0.39 is 10.0 Å². The summed E-state index contributed by atoms with van der Waals surface area (Å²) in [5.41, 5.74) is 0.928.